The van der Waals surface area contributed by atoms with Gasteiger partial charge < -0.3 is 4.74 Å². The number of nitrogens with one attached hydrogen (secondary N) is 1. The van der Waals surface area contributed by atoms with Crippen LogP contribution in [0.2, 0.25) is 0 Å². The lowest BCUT2D eigenvalue weighted by molar-refractivity contribution is 0.160. The van der Waals surface area contributed by atoms with Crippen molar-refractivity contribution in [3.63, 3.8) is 0 Å². The number of hydrogen-bond donors (Lipinski definition) is 1. The summed E-state index contributed by atoms with van der Waals surface area (Å²) < 4.78 is 4.95. The van der Waals surface area contributed by atoms with Gasteiger partial charge in [0.2, 0.25) is 0 Å². The Labute approximate surface area is 88.1 Å². The number of anilines is 1. The van der Waals surface area contributed by atoms with E-state index in [0.29, 0.717) is 6.61 Å². The zero-order valence-electron chi connectivity index (χ0n) is 8.50. The van der Waals surface area contributed by atoms with Crippen LogP contribution in [0.4, 0.5) is 9.80 Å². The van der Waals surface area contributed by atoms with Gasteiger partial charge in [0.25, 0.3) is 0 Å². The highest BCUT2D eigenvalue weighted by molar-refractivity contribution is 7.16. The first-order chi connectivity index (χ1) is 6.72. The molecule has 1 heterocycles. The molecule has 0 aliphatic heterocycles. The highest BCUT2D eigenvalue weighted by Gasteiger charge is 2.03. The van der Waals surface area contributed by atoms with E-state index in [4.69, 9.17) is 4.74 Å². The third-order valence-electron chi connectivity index (χ3n) is 1.70. The van der Waals surface area contributed by atoms with Gasteiger partial charge in [0.1, 0.15) is 0 Å². The Kier molecular flexibility index (Phi) is 4.46. The van der Waals surface area contributed by atoms with Crippen molar-refractivity contribution in [1.29, 1.82) is 0 Å². The molecule has 0 radical (unpaired) electrons. The molecule has 4 heteroatoms. The van der Waals surface area contributed by atoms with Crippen LogP contribution < -0.4 is 5.32 Å². The molecule has 1 aromatic heterocycles. The first-order valence-corrected chi connectivity index (χ1v) is 5.54. The fraction of sp³-hybridized carbons (Fsp3) is 0.500. The summed E-state index contributed by atoms with van der Waals surface area (Å²) in [7, 11) is 0. The van der Waals surface area contributed by atoms with E-state index in [-0.39, 0.29) is 6.09 Å². The molecule has 0 unspecified atom stereocenters. The lowest BCUT2D eigenvalue weighted by Crippen LogP contribution is -2.13. The van der Waals surface area contributed by atoms with Gasteiger partial charge in [0, 0.05) is 4.88 Å². The number of aryl methyl sites for hydroxylation is 1. The molecule has 0 atom stereocenters. The highest BCUT2D eigenvalue weighted by atomic mass is 32.1. The van der Waals surface area contributed by atoms with E-state index < -0.39 is 0 Å². The molecule has 1 rings (SSSR count). The predicted molar refractivity (Wildman–Crippen MR) is 58.9 cm³/mol. The van der Waals surface area contributed by atoms with Crippen molar-refractivity contribution in [3.8, 4) is 0 Å². The van der Waals surface area contributed by atoms with Gasteiger partial charge >= 0.3 is 6.09 Å². The van der Waals surface area contributed by atoms with E-state index >= 15 is 0 Å². The Hall–Kier alpha value is -1.03. The van der Waals surface area contributed by atoms with E-state index in [2.05, 4.69) is 12.2 Å². The minimum absolute atomic E-state index is 0.361. The molecule has 0 saturated carbocycles. The zero-order chi connectivity index (χ0) is 10.4. The van der Waals surface area contributed by atoms with E-state index in [1.807, 2.05) is 19.1 Å². The Balaban J connectivity index is 2.27. The summed E-state index contributed by atoms with van der Waals surface area (Å²) in [6, 6.07) is 3.84. The Morgan fingerprint density at radius 3 is 2.93 bits per heavy atom. The molecule has 3 nitrogen and oxygen atoms in total. The van der Waals surface area contributed by atoms with Crippen molar-refractivity contribution >= 4 is 22.4 Å². The molecule has 1 amide bonds. The largest absolute Gasteiger partial charge is 0.449 e. The number of unbranched alkanes of at least 4 members (excludes halogenated alkanes) is 1. The lowest BCUT2D eigenvalue weighted by atomic mass is 10.4. The molecule has 78 valence electrons. The summed E-state index contributed by atoms with van der Waals surface area (Å²) in [5, 5.41) is 3.52. The molecule has 14 heavy (non-hydrogen) atoms. The maximum Gasteiger partial charge on any atom is 0.412 e. The number of amides is 1. The molecule has 0 aliphatic carbocycles. The first kappa shape index (κ1) is 11.0. The van der Waals surface area contributed by atoms with Gasteiger partial charge in [0.05, 0.1) is 11.6 Å². The van der Waals surface area contributed by atoms with Crippen LogP contribution in [-0.2, 0) is 4.74 Å². The number of carbonyl (C=O) groups excluding carboxylic acids is 1. The Morgan fingerprint density at radius 1 is 1.57 bits per heavy atom. The van der Waals surface area contributed by atoms with Crippen LogP contribution >= 0.6 is 11.3 Å². The van der Waals surface area contributed by atoms with Crippen LogP contribution in [-0.4, -0.2) is 12.7 Å². The van der Waals surface area contributed by atoms with Gasteiger partial charge in [-0.25, -0.2) is 4.79 Å². The van der Waals surface area contributed by atoms with Crippen molar-refractivity contribution < 1.29 is 9.53 Å². The standard InChI is InChI=1S/C10H15NO2S/c1-3-4-7-13-10(12)11-9-6-5-8(2)14-9/h5-6H,3-4,7H2,1-2H3,(H,11,12). The van der Waals surface area contributed by atoms with Crippen LogP contribution in [0.5, 0.6) is 0 Å². The summed E-state index contributed by atoms with van der Waals surface area (Å²) in [6.45, 7) is 4.55. The van der Waals surface area contributed by atoms with Crippen molar-refractivity contribution in [1.82, 2.24) is 0 Å². The molecule has 0 aromatic carbocycles. The van der Waals surface area contributed by atoms with Gasteiger partial charge in [-0.05, 0) is 25.5 Å². The number of ether oxygens (including phenoxy) is 1. The van der Waals surface area contributed by atoms with Gasteiger partial charge in [-0.1, -0.05) is 13.3 Å². The van der Waals surface area contributed by atoms with Gasteiger partial charge in [-0.15, -0.1) is 11.3 Å². The third kappa shape index (κ3) is 3.79. The van der Waals surface area contributed by atoms with Crippen molar-refractivity contribution in [2.24, 2.45) is 0 Å². The smallest absolute Gasteiger partial charge is 0.412 e. The third-order valence-corrected chi connectivity index (χ3v) is 2.61. The van der Waals surface area contributed by atoms with E-state index in [0.717, 1.165) is 17.8 Å². The summed E-state index contributed by atoms with van der Waals surface area (Å²) in [6.07, 6.45) is 1.59. The normalized spacial score (nSPS) is 9.86. The van der Waals surface area contributed by atoms with Gasteiger partial charge in [0.15, 0.2) is 0 Å². The fourth-order valence-electron chi connectivity index (χ4n) is 0.948. The summed E-state index contributed by atoms with van der Waals surface area (Å²) >= 11 is 1.54. The van der Waals surface area contributed by atoms with Crippen LogP contribution in [0.15, 0.2) is 12.1 Å². The maximum atomic E-state index is 11.2. The second-order valence-electron chi connectivity index (χ2n) is 3.02. The summed E-state index contributed by atoms with van der Waals surface area (Å²) in [5.41, 5.74) is 0. The Morgan fingerprint density at radius 2 is 2.36 bits per heavy atom. The van der Waals surface area contributed by atoms with E-state index in [1.54, 1.807) is 11.3 Å². The van der Waals surface area contributed by atoms with Crippen molar-refractivity contribution in [2.75, 3.05) is 11.9 Å². The average molecular weight is 213 g/mol. The van der Waals surface area contributed by atoms with E-state index in [1.165, 1.54) is 4.88 Å². The SMILES string of the molecule is CCCCOC(=O)Nc1ccc(C)s1. The first-order valence-electron chi connectivity index (χ1n) is 4.72. The molecule has 0 spiro atoms. The van der Waals surface area contributed by atoms with Gasteiger partial charge in [-0.2, -0.15) is 0 Å². The lowest BCUT2D eigenvalue weighted by Gasteiger charge is -2.03. The minimum atomic E-state index is -0.361. The summed E-state index contributed by atoms with van der Waals surface area (Å²) in [4.78, 5) is 12.3. The molecule has 0 bridgehead atoms. The summed E-state index contributed by atoms with van der Waals surface area (Å²) in [5.74, 6) is 0. The highest BCUT2D eigenvalue weighted by Crippen LogP contribution is 2.20. The van der Waals surface area contributed by atoms with Gasteiger partial charge in [-0.3, -0.25) is 5.32 Å². The van der Waals surface area contributed by atoms with E-state index in [9.17, 15) is 4.79 Å². The molecule has 0 fully saturated rings. The quantitative estimate of drug-likeness (QED) is 0.778. The minimum Gasteiger partial charge on any atom is -0.449 e. The maximum absolute atomic E-state index is 11.2. The average Bonchev–Trinajstić information content (AvgIpc) is 2.52. The molecular weight excluding hydrogens is 198 g/mol. The van der Waals surface area contributed by atoms with Crippen LogP contribution in [0.3, 0.4) is 0 Å². The number of carbonyl (C=O) groups is 1. The molecule has 0 aliphatic rings. The number of hydrogen-bond acceptors (Lipinski definition) is 3. The second kappa shape index (κ2) is 5.65. The predicted octanol–water partition coefficient (Wildman–Crippen LogP) is 3.41. The van der Waals surface area contributed by atoms with Crippen LogP contribution in [0.25, 0.3) is 0 Å². The fourth-order valence-corrected chi connectivity index (χ4v) is 1.70. The molecular formula is C10H15NO2S. The van der Waals surface area contributed by atoms with Crippen molar-refractivity contribution in [3.05, 3.63) is 17.0 Å². The topological polar surface area (TPSA) is 38.3 Å². The molecule has 1 aromatic rings. The van der Waals surface area contributed by atoms with Crippen LogP contribution in [0.1, 0.15) is 24.6 Å². The Bertz CT molecular complexity index is 296. The molecule has 1 N–H and O–H groups in total. The van der Waals surface area contributed by atoms with Crippen LogP contribution in [0, 0.1) is 6.92 Å². The van der Waals surface area contributed by atoms with Crippen molar-refractivity contribution in [2.45, 2.75) is 26.7 Å². The second-order valence-corrected chi connectivity index (χ2v) is 4.31. The number of thiophene rings is 1. The zero-order valence-corrected chi connectivity index (χ0v) is 9.32. The molecule has 0 saturated heterocycles. The number of rotatable bonds is 4. The monoisotopic (exact) mass is 213 g/mol.